The first-order valence-corrected chi connectivity index (χ1v) is 5.56. The monoisotopic (exact) mass is 350 g/mol. The van der Waals surface area contributed by atoms with Crippen molar-refractivity contribution in [2.45, 2.75) is 11.0 Å². The highest BCUT2D eigenvalue weighted by atomic mass is 79.9. The highest BCUT2D eigenvalue weighted by Gasteiger charge is 2.38. The minimum Gasteiger partial charge on any atom is -0.169 e. The molecule has 1 atom stereocenters. The maximum absolute atomic E-state index is 12.3. The van der Waals surface area contributed by atoms with Crippen molar-refractivity contribution in [1.82, 2.24) is 0 Å². The molecule has 0 bridgehead atoms. The maximum Gasteiger partial charge on any atom is 0.405 e. The molecule has 6 heteroatoms. The molecule has 0 amide bonds. The van der Waals surface area contributed by atoms with Crippen molar-refractivity contribution < 1.29 is 13.2 Å². The van der Waals surface area contributed by atoms with Crippen LogP contribution in [0.25, 0.3) is 0 Å². The van der Waals surface area contributed by atoms with Crippen molar-refractivity contribution in [1.29, 1.82) is 0 Å². The predicted molar refractivity (Wildman–Crippen MR) is 56.9 cm³/mol. The average Bonchev–Trinajstić information content (AvgIpc) is 1.99. The van der Waals surface area contributed by atoms with Gasteiger partial charge in [-0.15, -0.1) is 0 Å². The highest BCUT2D eigenvalue weighted by molar-refractivity contribution is 9.10. The van der Waals surface area contributed by atoms with Gasteiger partial charge in [0.25, 0.3) is 0 Å². The number of hydrogen-bond acceptors (Lipinski definition) is 0. The Hall–Kier alpha value is 0.260. The molecule has 0 N–H and O–H groups in total. The summed E-state index contributed by atoms with van der Waals surface area (Å²) in [5.41, 5.74) is 0.0804. The lowest BCUT2D eigenvalue weighted by molar-refractivity contribution is -0.128. The zero-order valence-electron chi connectivity index (χ0n) is 6.58. The molecule has 14 heavy (non-hydrogen) atoms. The lowest BCUT2D eigenvalue weighted by Gasteiger charge is -2.14. The van der Waals surface area contributed by atoms with Crippen LogP contribution in [0.3, 0.4) is 0 Å². The second-order valence-corrected chi connectivity index (χ2v) is 4.87. The van der Waals surface area contributed by atoms with Crippen molar-refractivity contribution in [3.8, 4) is 0 Å². The molecular weight excluding hydrogens is 348 g/mol. The van der Waals surface area contributed by atoms with Crippen LogP contribution < -0.4 is 0 Å². The van der Waals surface area contributed by atoms with Gasteiger partial charge >= 0.3 is 6.18 Å². The maximum atomic E-state index is 12.3. The summed E-state index contributed by atoms with van der Waals surface area (Å²) in [6.45, 7) is 0. The van der Waals surface area contributed by atoms with Crippen molar-refractivity contribution in [2.24, 2.45) is 0 Å². The minimum absolute atomic E-state index is 0.0804. The second kappa shape index (κ2) is 4.41. The zero-order valence-corrected chi connectivity index (χ0v) is 10.5. The Kier molecular flexibility index (Phi) is 3.88. The Morgan fingerprint density at radius 1 is 1.21 bits per heavy atom. The molecule has 0 aliphatic carbocycles. The van der Waals surface area contributed by atoms with Crippen LogP contribution >= 0.6 is 43.5 Å². The Bertz CT molecular complexity index is 318. The quantitative estimate of drug-likeness (QED) is 0.617. The van der Waals surface area contributed by atoms with Gasteiger partial charge in [0, 0.05) is 9.50 Å². The van der Waals surface area contributed by atoms with Gasteiger partial charge in [0.05, 0.1) is 0 Å². The molecule has 0 saturated carbocycles. The van der Waals surface area contributed by atoms with E-state index in [9.17, 15) is 13.2 Å². The van der Waals surface area contributed by atoms with Gasteiger partial charge in [-0.25, -0.2) is 0 Å². The van der Waals surface area contributed by atoms with Gasteiger partial charge in [0.1, 0.15) is 4.83 Å². The van der Waals surface area contributed by atoms with E-state index in [2.05, 4.69) is 31.9 Å². The average molecular weight is 352 g/mol. The van der Waals surface area contributed by atoms with Crippen LogP contribution in [0.2, 0.25) is 5.02 Å². The van der Waals surface area contributed by atoms with E-state index in [0.717, 1.165) is 0 Å². The summed E-state index contributed by atoms with van der Waals surface area (Å²) in [7, 11) is 0. The van der Waals surface area contributed by atoms with E-state index in [0.29, 0.717) is 4.47 Å². The molecular formula is C8H4Br2ClF3. The summed E-state index contributed by atoms with van der Waals surface area (Å²) in [6, 6.07) is 4.18. The SMILES string of the molecule is FC(F)(F)[C@@H](Br)c1cc(Cl)cc(Br)c1. The molecule has 0 fully saturated rings. The van der Waals surface area contributed by atoms with Crippen LogP contribution in [-0.4, -0.2) is 6.18 Å². The summed E-state index contributed by atoms with van der Waals surface area (Å²) in [5, 5.41) is 0.267. The molecule has 0 aromatic heterocycles. The van der Waals surface area contributed by atoms with E-state index in [1.807, 2.05) is 0 Å². The normalized spacial score (nSPS) is 14.1. The molecule has 0 spiro atoms. The van der Waals surface area contributed by atoms with Crippen molar-refractivity contribution in [2.75, 3.05) is 0 Å². The van der Waals surface area contributed by atoms with E-state index in [4.69, 9.17) is 11.6 Å². The smallest absolute Gasteiger partial charge is 0.169 e. The number of hydrogen-bond donors (Lipinski definition) is 0. The molecule has 0 heterocycles. The molecule has 1 aromatic rings. The molecule has 0 nitrogen and oxygen atoms in total. The molecule has 0 unspecified atom stereocenters. The van der Waals surface area contributed by atoms with Crippen molar-refractivity contribution in [3.05, 3.63) is 33.3 Å². The van der Waals surface area contributed by atoms with E-state index >= 15 is 0 Å². The van der Waals surface area contributed by atoms with Crippen molar-refractivity contribution in [3.63, 3.8) is 0 Å². The standard InChI is InChI=1S/C8H4Br2ClF3/c9-5-1-4(2-6(11)3-5)7(10)8(12,13)14/h1-3,7H/t7-/m0/s1. The fraction of sp³-hybridized carbons (Fsp3) is 0.250. The van der Waals surface area contributed by atoms with Crippen molar-refractivity contribution >= 4 is 43.5 Å². The summed E-state index contributed by atoms with van der Waals surface area (Å²) < 4.78 is 37.4. The fourth-order valence-electron chi connectivity index (χ4n) is 0.910. The minimum atomic E-state index is -4.32. The summed E-state index contributed by atoms with van der Waals surface area (Å²) >= 11 is 11.3. The van der Waals surface area contributed by atoms with Crippen LogP contribution in [0.5, 0.6) is 0 Å². The van der Waals surface area contributed by atoms with Crippen LogP contribution in [0, 0.1) is 0 Å². The third kappa shape index (κ3) is 3.14. The lowest BCUT2D eigenvalue weighted by atomic mass is 10.1. The molecule has 1 aromatic carbocycles. The molecule has 78 valence electrons. The molecule has 0 radical (unpaired) electrons. The number of benzene rings is 1. The van der Waals surface area contributed by atoms with E-state index in [1.165, 1.54) is 18.2 Å². The highest BCUT2D eigenvalue weighted by Crippen LogP contribution is 2.41. The van der Waals surface area contributed by atoms with E-state index in [1.54, 1.807) is 0 Å². The molecule has 1 rings (SSSR count). The van der Waals surface area contributed by atoms with E-state index < -0.39 is 11.0 Å². The zero-order chi connectivity index (χ0) is 10.9. The van der Waals surface area contributed by atoms with Gasteiger partial charge in [-0.2, -0.15) is 13.2 Å². The first-order valence-electron chi connectivity index (χ1n) is 3.47. The Morgan fingerprint density at radius 3 is 2.21 bits per heavy atom. The number of rotatable bonds is 1. The Labute approximate surface area is 101 Å². The predicted octanol–water partition coefficient (Wildman–Crippen LogP) is 5.10. The van der Waals surface area contributed by atoms with Gasteiger partial charge in [0.2, 0.25) is 0 Å². The number of alkyl halides is 4. The summed E-state index contributed by atoms with van der Waals surface area (Å²) in [6.07, 6.45) is -4.32. The van der Waals surface area contributed by atoms with Gasteiger partial charge in [-0.3, -0.25) is 0 Å². The largest absolute Gasteiger partial charge is 0.405 e. The van der Waals surface area contributed by atoms with Crippen LogP contribution in [-0.2, 0) is 0 Å². The first kappa shape index (κ1) is 12.3. The topological polar surface area (TPSA) is 0 Å². The van der Waals surface area contributed by atoms with Gasteiger partial charge in [-0.1, -0.05) is 43.5 Å². The second-order valence-electron chi connectivity index (χ2n) is 2.61. The van der Waals surface area contributed by atoms with Crippen LogP contribution in [0.15, 0.2) is 22.7 Å². The number of halogens is 6. The van der Waals surface area contributed by atoms with Crippen LogP contribution in [0.1, 0.15) is 10.4 Å². The third-order valence-electron chi connectivity index (χ3n) is 1.46. The van der Waals surface area contributed by atoms with Gasteiger partial charge < -0.3 is 0 Å². The Morgan fingerprint density at radius 2 is 1.79 bits per heavy atom. The summed E-state index contributed by atoms with van der Waals surface area (Å²) in [4.78, 5) is -1.69. The molecule has 0 aliphatic rings. The summed E-state index contributed by atoms with van der Waals surface area (Å²) in [5.74, 6) is 0. The van der Waals surface area contributed by atoms with Gasteiger partial charge in [0.15, 0.2) is 0 Å². The third-order valence-corrected chi connectivity index (χ3v) is 3.19. The lowest BCUT2D eigenvalue weighted by Crippen LogP contribution is -2.15. The van der Waals surface area contributed by atoms with Crippen LogP contribution in [0.4, 0.5) is 13.2 Å². The fourth-order valence-corrected chi connectivity index (χ4v) is 2.06. The Balaban J connectivity index is 3.07. The molecule has 0 aliphatic heterocycles. The first-order chi connectivity index (χ1) is 6.30. The van der Waals surface area contributed by atoms with Gasteiger partial charge in [-0.05, 0) is 23.8 Å². The van der Waals surface area contributed by atoms with E-state index in [-0.39, 0.29) is 10.6 Å². The molecule has 0 saturated heterocycles.